The first-order chi connectivity index (χ1) is 13.2. The van der Waals surface area contributed by atoms with Crippen LogP contribution in [0.1, 0.15) is 37.0 Å². The Kier molecular flexibility index (Phi) is 4.32. The number of rotatable bonds is 3. The summed E-state index contributed by atoms with van der Waals surface area (Å²) in [6, 6.07) is 2.05. The van der Waals surface area contributed by atoms with E-state index in [4.69, 9.17) is 4.98 Å². The van der Waals surface area contributed by atoms with Gasteiger partial charge in [-0.05, 0) is 37.1 Å². The van der Waals surface area contributed by atoms with Crippen molar-refractivity contribution in [2.45, 2.75) is 44.2 Å². The minimum Gasteiger partial charge on any atom is -0.341 e. The molecule has 0 aliphatic carbocycles. The molecule has 6 nitrogen and oxygen atoms in total. The predicted molar refractivity (Wildman–Crippen MR) is 108 cm³/mol. The van der Waals surface area contributed by atoms with Gasteiger partial charge in [-0.25, -0.2) is 9.97 Å². The van der Waals surface area contributed by atoms with Gasteiger partial charge < -0.3 is 9.80 Å². The Labute approximate surface area is 165 Å². The van der Waals surface area contributed by atoms with Crippen molar-refractivity contribution in [1.29, 1.82) is 0 Å². The lowest BCUT2D eigenvalue weighted by atomic mass is 9.87. The molecule has 0 unspecified atom stereocenters. The summed E-state index contributed by atoms with van der Waals surface area (Å²) >= 11 is 3.30. The first-order valence-electron chi connectivity index (χ1n) is 9.37. The first-order valence-corrected chi connectivity index (χ1v) is 11.1. The molecule has 0 radical (unpaired) electrons. The van der Waals surface area contributed by atoms with Crippen molar-refractivity contribution in [3.8, 4) is 0 Å². The Morgan fingerprint density at radius 2 is 2.11 bits per heavy atom. The summed E-state index contributed by atoms with van der Waals surface area (Å²) in [7, 11) is 0. The molecule has 5 heterocycles. The molecule has 0 saturated carbocycles. The molecule has 2 aliphatic rings. The van der Waals surface area contributed by atoms with Gasteiger partial charge in [0, 0.05) is 36.1 Å². The van der Waals surface area contributed by atoms with E-state index in [2.05, 4.69) is 31.2 Å². The van der Waals surface area contributed by atoms with Gasteiger partial charge in [0.25, 0.3) is 0 Å². The molecule has 27 heavy (non-hydrogen) atoms. The summed E-state index contributed by atoms with van der Waals surface area (Å²) in [6.45, 7) is 2.53. The maximum Gasteiger partial charge on any atom is 0.225 e. The number of carbonyl (C=O) groups is 1. The van der Waals surface area contributed by atoms with Crippen LogP contribution in [-0.4, -0.2) is 44.4 Å². The average molecular weight is 400 g/mol. The third-order valence-electron chi connectivity index (χ3n) is 5.87. The standard InChI is InChI=1S/C19H21N5OS2/c25-17-2-5-19(24(17)12-14-10-20-13-27-14)4-1-7-23(8-6-19)18-21-11-16-15(22-18)3-9-26-16/h3,9-11,13H,1-2,4-8,12H2/t19-/m0/s1. The molecule has 0 N–H and O–H groups in total. The smallest absolute Gasteiger partial charge is 0.225 e. The van der Waals surface area contributed by atoms with Gasteiger partial charge in [-0.15, -0.1) is 22.7 Å². The molecule has 8 heteroatoms. The number of fused-ring (bicyclic) bond motifs is 1. The van der Waals surface area contributed by atoms with E-state index in [0.29, 0.717) is 13.0 Å². The zero-order valence-corrected chi connectivity index (χ0v) is 16.6. The van der Waals surface area contributed by atoms with Gasteiger partial charge in [0.15, 0.2) is 0 Å². The van der Waals surface area contributed by atoms with Crippen molar-refractivity contribution in [1.82, 2.24) is 19.9 Å². The van der Waals surface area contributed by atoms with Crippen molar-refractivity contribution >= 4 is 44.7 Å². The van der Waals surface area contributed by atoms with E-state index in [1.54, 1.807) is 22.7 Å². The van der Waals surface area contributed by atoms with Crippen molar-refractivity contribution < 1.29 is 4.79 Å². The Balaban J connectivity index is 1.37. The molecule has 1 atom stereocenters. The summed E-state index contributed by atoms with van der Waals surface area (Å²) in [4.78, 5) is 31.7. The van der Waals surface area contributed by atoms with Crippen LogP contribution in [0.15, 0.2) is 29.4 Å². The average Bonchev–Trinajstić information content (AvgIpc) is 3.38. The number of likely N-dealkylation sites (tertiary alicyclic amines) is 1. The lowest BCUT2D eigenvalue weighted by Gasteiger charge is -2.38. The molecule has 2 aliphatic heterocycles. The normalized spacial score (nSPS) is 23.5. The van der Waals surface area contributed by atoms with Crippen molar-refractivity contribution in [3.63, 3.8) is 0 Å². The van der Waals surface area contributed by atoms with E-state index in [0.717, 1.165) is 59.8 Å². The Hall–Kier alpha value is -2.06. The SMILES string of the molecule is O=C1CC[C@]2(CCCN(c3ncc4sccc4n3)CC2)N1Cc1cncs1. The maximum atomic E-state index is 12.6. The molecule has 1 amide bonds. The Bertz CT molecular complexity index is 956. The number of thiophene rings is 1. The fraction of sp³-hybridized carbons (Fsp3) is 0.474. The zero-order valence-electron chi connectivity index (χ0n) is 15.0. The van der Waals surface area contributed by atoms with Crippen LogP contribution < -0.4 is 4.90 Å². The molecule has 140 valence electrons. The minimum atomic E-state index is -0.0255. The predicted octanol–water partition coefficient (Wildman–Crippen LogP) is 3.70. The van der Waals surface area contributed by atoms with Crippen molar-refractivity contribution in [3.05, 3.63) is 34.2 Å². The highest BCUT2D eigenvalue weighted by molar-refractivity contribution is 7.17. The molecule has 3 aromatic heterocycles. The third-order valence-corrected chi connectivity index (χ3v) is 7.47. The van der Waals surface area contributed by atoms with Gasteiger partial charge in [-0.2, -0.15) is 0 Å². The summed E-state index contributed by atoms with van der Waals surface area (Å²) < 4.78 is 1.13. The number of aromatic nitrogens is 3. The van der Waals surface area contributed by atoms with Crippen LogP contribution in [0, 0.1) is 0 Å². The van der Waals surface area contributed by atoms with Crippen LogP contribution >= 0.6 is 22.7 Å². The summed E-state index contributed by atoms with van der Waals surface area (Å²) in [5.74, 6) is 1.10. The molecule has 0 aromatic carbocycles. The van der Waals surface area contributed by atoms with Gasteiger partial charge in [0.05, 0.1) is 28.5 Å². The Morgan fingerprint density at radius 3 is 3.00 bits per heavy atom. The van der Waals surface area contributed by atoms with Crippen LogP contribution in [0.5, 0.6) is 0 Å². The maximum absolute atomic E-state index is 12.6. The molecule has 0 bridgehead atoms. The van der Waals surface area contributed by atoms with E-state index in [1.807, 2.05) is 17.9 Å². The zero-order chi connectivity index (χ0) is 18.3. The van der Waals surface area contributed by atoms with Crippen LogP contribution in [-0.2, 0) is 11.3 Å². The van der Waals surface area contributed by atoms with Crippen LogP contribution in [0.2, 0.25) is 0 Å². The number of carbonyl (C=O) groups excluding carboxylic acids is 1. The Morgan fingerprint density at radius 1 is 1.15 bits per heavy atom. The van der Waals surface area contributed by atoms with Gasteiger partial charge in [0.1, 0.15) is 0 Å². The topological polar surface area (TPSA) is 62.2 Å². The second-order valence-corrected chi connectivity index (χ2v) is 9.27. The van der Waals surface area contributed by atoms with Crippen LogP contribution in [0.3, 0.4) is 0 Å². The highest BCUT2D eigenvalue weighted by Gasteiger charge is 2.45. The molecule has 5 rings (SSSR count). The lowest BCUT2D eigenvalue weighted by molar-refractivity contribution is -0.132. The largest absolute Gasteiger partial charge is 0.341 e. The van der Waals surface area contributed by atoms with Gasteiger partial charge >= 0.3 is 0 Å². The van der Waals surface area contributed by atoms with Crippen molar-refractivity contribution in [2.75, 3.05) is 18.0 Å². The van der Waals surface area contributed by atoms with Gasteiger partial charge in [-0.3, -0.25) is 9.78 Å². The second kappa shape index (κ2) is 6.83. The monoisotopic (exact) mass is 399 g/mol. The number of anilines is 1. The minimum absolute atomic E-state index is 0.0255. The van der Waals surface area contributed by atoms with Crippen molar-refractivity contribution in [2.24, 2.45) is 0 Å². The van der Waals surface area contributed by atoms with E-state index in [9.17, 15) is 4.79 Å². The molecular formula is C19H21N5OS2. The fourth-order valence-corrected chi connectivity index (χ4v) is 5.69. The van der Waals surface area contributed by atoms with E-state index < -0.39 is 0 Å². The molecule has 2 fully saturated rings. The number of hydrogen-bond acceptors (Lipinski definition) is 7. The molecule has 1 spiro atoms. The highest BCUT2D eigenvalue weighted by Crippen LogP contribution is 2.40. The summed E-state index contributed by atoms with van der Waals surface area (Å²) in [5, 5.41) is 2.06. The third kappa shape index (κ3) is 3.10. The summed E-state index contributed by atoms with van der Waals surface area (Å²) in [5.41, 5.74) is 2.84. The van der Waals surface area contributed by atoms with Gasteiger partial charge in [-0.1, -0.05) is 0 Å². The number of hydrogen-bond donors (Lipinski definition) is 0. The number of thiazole rings is 1. The first kappa shape index (κ1) is 17.1. The quantitative estimate of drug-likeness (QED) is 0.672. The van der Waals surface area contributed by atoms with Crippen LogP contribution in [0.4, 0.5) is 5.95 Å². The number of nitrogens with zero attached hydrogens (tertiary/aromatic N) is 5. The van der Waals surface area contributed by atoms with Crippen LogP contribution in [0.25, 0.3) is 10.2 Å². The highest BCUT2D eigenvalue weighted by atomic mass is 32.1. The van der Waals surface area contributed by atoms with E-state index in [1.165, 1.54) is 0 Å². The van der Waals surface area contributed by atoms with E-state index >= 15 is 0 Å². The number of amides is 1. The van der Waals surface area contributed by atoms with E-state index in [-0.39, 0.29) is 11.4 Å². The summed E-state index contributed by atoms with van der Waals surface area (Å²) in [6.07, 6.45) is 8.52. The molecule has 3 aromatic rings. The molecule has 2 saturated heterocycles. The lowest BCUT2D eigenvalue weighted by Crippen LogP contribution is -2.45. The molecular weight excluding hydrogens is 378 g/mol. The van der Waals surface area contributed by atoms with Gasteiger partial charge in [0.2, 0.25) is 11.9 Å². The second-order valence-electron chi connectivity index (χ2n) is 7.35. The fourth-order valence-electron chi connectivity index (χ4n) is 4.41.